The maximum atomic E-state index is 5.46. The fourth-order valence-corrected chi connectivity index (χ4v) is 1.33. The lowest BCUT2D eigenvalue weighted by Gasteiger charge is -2.17. The smallest absolute Gasteiger partial charge is 0.0711 e. The Bertz CT molecular complexity index is 278. The number of aryl methyl sites for hydroxylation is 1. The largest absolute Gasteiger partial charge is 0.380 e. The van der Waals surface area contributed by atoms with Gasteiger partial charge in [-0.3, -0.25) is 16.3 Å². The van der Waals surface area contributed by atoms with Crippen LogP contribution in [-0.4, -0.2) is 18.2 Å². The number of rotatable bonds is 5. The summed E-state index contributed by atoms with van der Waals surface area (Å²) in [7, 11) is 0. The molecule has 1 atom stereocenters. The molecule has 1 heterocycles. The number of hydrogen-bond acceptors (Lipinski definition) is 4. The van der Waals surface area contributed by atoms with Crippen molar-refractivity contribution in [1.29, 1.82) is 0 Å². The highest BCUT2D eigenvalue weighted by Crippen LogP contribution is 2.14. The standard InChI is InChI=1S/C10H17N3O/c1-3-14-7-10(13-11)9-5-4-6-12-8(9)2/h4-6,10,13H,3,7,11H2,1-2H3. The van der Waals surface area contributed by atoms with Crippen LogP contribution >= 0.6 is 0 Å². The van der Waals surface area contributed by atoms with Crippen molar-refractivity contribution in [1.82, 2.24) is 10.4 Å². The van der Waals surface area contributed by atoms with Crippen molar-refractivity contribution in [3.63, 3.8) is 0 Å². The number of nitrogens with zero attached hydrogens (tertiary/aromatic N) is 1. The van der Waals surface area contributed by atoms with Gasteiger partial charge in [0.1, 0.15) is 0 Å². The maximum absolute atomic E-state index is 5.46. The number of nitrogens with one attached hydrogen (secondary N) is 1. The first-order valence-corrected chi connectivity index (χ1v) is 4.75. The SMILES string of the molecule is CCOCC(NN)c1cccnc1C. The minimum absolute atomic E-state index is 0.0173. The van der Waals surface area contributed by atoms with Crippen LogP contribution in [0.15, 0.2) is 18.3 Å². The molecule has 1 rings (SSSR count). The molecular formula is C10H17N3O. The lowest BCUT2D eigenvalue weighted by atomic mass is 10.1. The molecule has 14 heavy (non-hydrogen) atoms. The topological polar surface area (TPSA) is 60.2 Å². The van der Waals surface area contributed by atoms with Gasteiger partial charge in [0.05, 0.1) is 12.6 Å². The van der Waals surface area contributed by atoms with E-state index in [9.17, 15) is 0 Å². The summed E-state index contributed by atoms with van der Waals surface area (Å²) in [6.07, 6.45) is 1.77. The number of aromatic nitrogens is 1. The Morgan fingerprint density at radius 1 is 1.64 bits per heavy atom. The molecular weight excluding hydrogens is 178 g/mol. The van der Waals surface area contributed by atoms with E-state index >= 15 is 0 Å². The molecule has 0 aliphatic heterocycles. The number of ether oxygens (including phenoxy) is 1. The van der Waals surface area contributed by atoms with Crippen LogP contribution in [0.5, 0.6) is 0 Å². The van der Waals surface area contributed by atoms with Crippen molar-refractivity contribution < 1.29 is 4.74 Å². The predicted octanol–water partition coefficient (Wildman–Crippen LogP) is 0.931. The lowest BCUT2D eigenvalue weighted by molar-refractivity contribution is 0.123. The summed E-state index contributed by atoms with van der Waals surface area (Å²) in [5, 5.41) is 0. The van der Waals surface area contributed by atoms with Crippen LogP contribution in [0.3, 0.4) is 0 Å². The minimum Gasteiger partial charge on any atom is -0.380 e. The van der Waals surface area contributed by atoms with Crippen LogP contribution in [0.1, 0.15) is 24.2 Å². The van der Waals surface area contributed by atoms with Gasteiger partial charge in [0.15, 0.2) is 0 Å². The quantitative estimate of drug-likeness (QED) is 0.542. The van der Waals surface area contributed by atoms with Crippen LogP contribution < -0.4 is 11.3 Å². The fraction of sp³-hybridized carbons (Fsp3) is 0.500. The molecule has 0 aliphatic carbocycles. The van der Waals surface area contributed by atoms with Crippen LogP contribution in [0.4, 0.5) is 0 Å². The van der Waals surface area contributed by atoms with E-state index in [1.54, 1.807) is 6.20 Å². The minimum atomic E-state index is 0.0173. The van der Waals surface area contributed by atoms with Crippen molar-refractivity contribution >= 4 is 0 Å². The Labute approximate surface area is 84.4 Å². The molecule has 0 fully saturated rings. The van der Waals surface area contributed by atoms with E-state index in [1.165, 1.54) is 0 Å². The molecule has 78 valence electrons. The van der Waals surface area contributed by atoms with Crippen LogP contribution in [0.2, 0.25) is 0 Å². The van der Waals surface area contributed by atoms with E-state index in [4.69, 9.17) is 10.6 Å². The van der Waals surface area contributed by atoms with Gasteiger partial charge in [0, 0.05) is 18.5 Å². The third-order valence-corrected chi connectivity index (χ3v) is 2.11. The maximum Gasteiger partial charge on any atom is 0.0711 e. The highest BCUT2D eigenvalue weighted by molar-refractivity contribution is 5.22. The van der Waals surface area contributed by atoms with Crippen molar-refractivity contribution in [3.05, 3.63) is 29.6 Å². The first-order chi connectivity index (χ1) is 6.79. The van der Waals surface area contributed by atoms with Crippen molar-refractivity contribution in [2.24, 2.45) is 5.84 Å². The summed E-state index contributed by atoms with van der Waals surface area (Å²) in [6.45, 7) is 5.19. The Morgan fingerprint density at radius 3 is 3.00 bits per heavy atom. The van der Waals surface area contributed by atoms with Gasteiger partial charge in [-0.05, 0) is 25.5 Å². The number of pyridine rings is 1. The van der Waals surface area contributed by atoms with Gasteiger partial charge in [0.25, 0.3) is 0 Å². The molecule has 1 aromatic rings. The van der Waals surface area contributed by atoms with E-state index in [1.807, 2.05) is 26.0 Å². The number of hydrazine groups is 1. The zero-order chi connectivity index (χ0) is 10.4. The number of nitrogens with two attached hydrogens (primary N) is 1. The van der Waals surface area contributed by atoms with E-state index in [-0.39, 0.29) is 6.04 Å². The zero-order valence-corrected chi connectivity index (χ0v) is 8.66. The van der Waals surface area contributed by atoms with Crippen LogP contribution in [-0.2, 0) is 4.74 Å². The molecule has 4 heteroatoms. The molecule has 0 saturated carbocycles. The van der Waals surface area contributed by atoms with Crippen LogP contribution in [0, 0.1) is 6.92 Å². The molecule has 1 unspecified atom stereocenters. The Hall–Kier alpha value is -0.970. The summed E-state index contributed by atoms with van der Waals surface area (Å²) < 4.78 is 5.33. The summed E-state index contributed by atoms with van der Waals surface area (Å²) >= 11 is 0. The average molecular weight is 195 g/mol. The molecule has 1 aromatic heterocycles. The summed E-state index contributed by atoms with van der Waals surface area (Å²) in [6, 6.07) is 3.92. The molecule has 0 aliphatic rings. The van der Waals surface area contributed by atoms with Gasteiger partial charge >= 0.3 is 0 Å². The van der Waals surface area contributed by atoms with Gasteiger partial charge in [-0.25, -0.2) is 0 Å². The predicted molar refractivity (Wildman–Crippen MR) is 55.5 cm³/mol. The highest BCUT2D eigenvalue weighted by atomic mass is 16.5. The second-order valence-corrected chi connectivity index (χ2v) is 3.06. The van der Waals surface area contributed by atoms with Gasteiger partial charge < -0.3 is 4.74 Å². The molecule has 4 nitrogen and oxygen atoms in total. The van der Waals surface area contributed by atoms with Crippen LogP contribution in [0.25, 0.3) is 0 Å². The van der Waals surface area contributed by atoms with Crippen molar-refractivity contribution in [2.45, 2.75) is 19.9 Å². The van der Waals surface area contributed by atoms with Crippen molar-refractivity contribution in [2.75, 3.05) is 13.2 Å². The average Bonchev–Trinajstić information content (AvgIpc) is 2.21. The first kappa shape index (κ1) is 11.1. The summed E-state index contributed by atoms with van der Waals surface area (Å²) in [5.74, 6) is 5.46. The van der Waals surface area contributed by atoms with E-state index in [0.717, 1.165) is 11.3 Å². The Balaban J connectivity index is 2.73. The molecule has 0 spiro atoms. The van der Waals surface area contributed by atoms with E-state index in [0.29, 0.717) is 13.2 Å². The molecule has 0 saturated heterocycles. The summed E-state index contributed by atoms with van der Waals surface area (Å²) in [5.41, 5.74) is 4.80. The first-order valence-electron chi connectivity index (χ1n) is 4.75. The van der Waals surface area contributed by atoms with E-state index < -0.39 is 0 Å². The zero-order valence-electron chi connectivity index (χ0n) is 8.66. The fourth-order valence-electron chi connectivity index (χ4n) is 1.33. The van der Waals surface area contributed by atoms with Gasteiger partial charge in [-0.2, -0.15) is 0 Å². The Morgan fingerprint density at radius 2 is 2.43 bits per heavy atom. The molecule has 0 amide bonds. The second kappa shape index (κ2) is 5.70. The lowest BCUT2D eigenvalue weighted by Crippen LogP contribution is -2.32. The third kappa shape index (κ3) is 2.77. The van der Waals surface area contributed by atoms with E-state index in [2.05, 4.69) is 10.4 Å². The monoisotopic (exact) mass is 195 g/mol. The molecule has 0 bridgehead atoms. The van der Waals surface area contributed by atoms with Crippen molar-refractivity contribution in [3.8, 4) is 0 Å². The highest BCUT2D eigenvalue weighted by Gasteiger charge is 2.11. The number of hydrogen-bond donors (Lipinski definition) is 2. The normalized spacial score (nSPS) is 12.8. The molecule has 0 aromatic carbocycles. The van der Waals surface area contributed by atoms with Gasteiger partial charge in [0.2, 0.25) is 0 Å². The van der Waals surface area contributed by atoms with Gasteiger partial charge in [-0.15, -0.1) is 0 Å². The molecule has 0 radical (unpaired) electrons. The second-order valence-electron chi connectivity index (χ2n) is 3.06. The summed E-state index contributed by atoms with van der Waals surface area (Å²) in [4.78, 5) is 4.20. The van der Waals surface area contributed by atoms with Gasteiger partial charge in [-0.1, -0.05) is 6.07 Å². The molecule has 3 N–H and O–H groups in total. The Kier molecular flexibility index (Phi) is 4.52. The third-order valence-electron chi connectivity index (χ3n) is 2.11.